The number of nitroso groups, excluding NO2 is 1. The third kappa shape index (κ3) is 3.38. The van der Waals surface area contributed by atoms with Crippen LogP contribution in [0.15, 0.2) is 29.9 Å². The average molecular weight is 409 g/mol. The number of imidazole rings is 1. The van der Waals surface area contributed by atoms with E-state index in [4.69, 9.17) is 0 Å². The van der Waals surface area contributed by atoms with Crippen molar-refractivity contribution < 1.29 is 18.0 Å². The summed E-state index contributed by atoms with van der Waals surface area (Å²) in [6.45, 7) is 0.647. The van der Waals surface area contributed by atoms with Crippen molar-refractivity contribution in [3.8, 4) is 0 Å². The number of aromatic nitrogens is 4. The van der Waals surface area contributed by atoms with Crippen molar-refractivity contribution in [2.75, 3.05) is 19.6 Å². The highest BCUT2D eigenvalue weighted by Crippen LogP contribution is 2.36. The topological polar surface area (TPSA) is 99.0 Å². The minimum atomic E-state index is -4.71. The molecule has 0 radical (unpaired) electrons. The van der Waals surface area contributed by atoms with Crippen molar-refractivity contribution in [2.45, 2.75) is 25.4 Å². The molecule has 0 aromatic carbocycles. The molecule has 2 amide bonds. The van der Waals surface area contributed by atoms with Crippen molar-refractivity contribution in [1.82, 2.24) is 29.3 Å². The Hall–Kier alpha value is -3.18. The summed E-state index contributed by atoms with van der Waals surface area (Å²) in [6.07, 6.45) is 1.09. The maximum atomic E-state index is 12.6. The summed E-state index contributed by atoms with van der Waals surface area (Å²) in [5.41, 5.74) is 2.98. The van der Waals surface area contributed by atoms with Crippen molar-refractivity contribution in [3.63, 3.8) is 0 Å². The summed E-state index contributed by atoms with van der Waals surface area (Å²) in [5, 5.41) is 2.21. The lowest BCUT2D eigenvalue weighted by Gasteiger charge is -2.22. The number of H-pyrrole nitrogens is 1. The molecule has 3 aromatic rings. The number of amides is 2. The number of urea groups is 1. The molecule has 0 saturated carbocycles. The predicted octanol–water partition coefficient (Wildman–Crippen LogP) is 3.30. The molecule has 0 aliphatic carbocycles. The lowest BCUT2D eigenvalue weighted by atomic mass is 9.91. The number of fused-ring (bicyclic) bond motifs is 3. The lowest BCUT2D eigenvalue weighted by Crippen LogP contribution is -2.43. The number of hydrogen-bond acceptors (Lipinski definition) is 5. The van der Waals surface area contributed by atoms with Crippen molar-refractivity contribution in [2.24, 2.45) is 11.2 Å². The fourth-order valence-electron chi connectivity index (χ4n) is 3.99. The molecule has 4 rings (SSSR count). The van der Waals surface area contributed by atoms with E-state index < -0.39 is 18.8 Å². The van der Waals surface area contributed by atoms with Gasteiger partial charge in [0.25, 0.3) is 0 Å². The minimum Gasteiger partial charge on any atom is -0.345 e. The van der Waals surface area contributed by atoms with Gasteiger partial charge in [-0.1, -0.05) is 13.3 Å². The lowest BCUT2D eigenvalue weighted by molar-refractivity contribution is -0.141. The number of aromatic amines is 1. The van der Waals surface area contributed by atoms with Crippen molar-refractivity contribution in [3.05, 3.63) is 35.3 Å². The largest absolute Gasteiger partial charge is 0.408 e. The molecule has 1 aliphatic heterocycles. The van der Waals surface area contributed by atoms with E-state index in [1.807, 2.05) is 17.4 Å². The first kappa shape index (κ1) is 19.2. The smallest absolute Gasteiger partial charge is 0.345 e. The van der Waals surface area contributed by atoms with Gasteiger partial charge in [-0.15, -0.1) is 4.91 Å². The molecular formula is C17H18F3N7O2. The van der Waals surface area contributed by atoms with Crippen LogP contribution in [0.3, 0.4) is 0 Å². The van der Waals surface area contributed by atoms with Gasteiger partial charge in [0.1, 0.15) is 6.54 Å². The van der Waals surface area contributed by atoms with E-state index in [9.17, 15) is 22.9 Å². The molecule has 29 heavy (non-hydrogen) atoms. The Bertz CT molecular complexity index is 1060. The second-order valence-corrected chi connectivity index (χ2v) is 7.06. The normalized spacial score (nSPS) is 19.9. The fraction of sp³-hybridized carbons (Fsp3) is 0.471. The van der Waals surface area contributed by atoms with E-state index in [0.29, 0.717) is 17.7 Å². The van der Waals surface area contributed by atoms with Gasteiger partial charge in [-0.3, -0.25) is 4.40 Å². The first-order valence-electron chi connectivity index (χ1n) is 9.08. The van der Waals surface area contributed by atoms with E-state index in [1.54, 1.807) is 18.6 Å². The van der Waals surface area contributed by atoms with Gasteiger partial charge in [-0.05, 0) is 12.0 Å². The Morgan fingerprint density at radius 1 is 1.34 bits per heavy atom. The van der Waals surface area contributed by atoms with Crippen LogP contribution >= 0.6 is 0 Å². The SMILES string of the molecule is CC[C@@H]1CN(C(=O)N(CC(F)(F)F)N=O)C[C@@H]1c1cnc2cnc3[nH]ccc3n12. The Morgan fingerprint density at radius 2 is 2.14 bits per heavy atom. The van der Waals surface area contributed by atoms with E-state index in [0.717, 1.165) is 11.2 Å². The molecular weight excluding hydrogens is 391 g/mol. The Balaban J connectivity index is 1.66. The summed E-state index contributed by atoms with van der Waals surface area (Å²) in [6, 6.07) is 0.821. The number of carbonyl (C=O) groups is 1. The first-order chi connectivity index (χ1) is 13.8. The summed E-state index contributed by atoms with van der Waals surface area (Å²) < 4.78 is 39.9. The Kier molecular flexibility index (Phi) is 4.63. The Morgan fingerprint density at radius 3 is 2.83 bits per heavy atom. The zero-order valence-corrected chi connectivity index (χ0v) is 15.4. The zero-order valence-electron chi connectivity index (χ0n) is 15.4. The van der Waals surface area contributed by atoms with Gasteiger partial charge in [0.15, 0.2) is 11.3 Å². The quantitative estimate of drug-likeness (QED) is 0.528. The van der Waals surface area contributed by atoms with Crippen LogP contribution in [0.25, 0.3) is 16.8 Å². The predicted molar refractivity (Wildman–Crippen MR) is 96.9 cm³/mol. The van der Waals surface area contributed by atoms with Gasteiger partial charge < -0.3 is 9.88 Å². The fourth-order valence-corrected chi connectivity index (χ4v) is 3.99. The summed E-state index contributed by atoms with van der Waals surface area (Å²) in [4.78, 5) is 36.3. The van der Waals surface area contributed by atoms with Crippen LogP contribution in [0, 0.1) is 10.8 Å². The zero-order chi connectivity index (χ0) is 20.8. The van der Waals surface area contributed by atoms with Gasteiger partial charge in [0.2, 0.25) is 0 Å². The number of hydrogen-bond donors (Lipinski definition) is 1. The van der Waals surface area contributed by atoms with E-state index in [1.165, 1.54) is 4.90 Å². The third-order valence-electron chi connectivity index (χ3n) is 5.33. The molecule has 0 spiro atoms. The average Bonchev–Trinajstić information content (AvgIpc) is 3.40. The van der Waals surface area contributed by atoms with Crippen LogP contribution in [0.5, 0.6) is 0 Å². The highest BCUT2D eigenvalue weighted by Gasteiger charge is 2.41. The molecule has 1 N–H and O–H groups in total. The maximum absolute atomic E-state index is 12.6. The standard InChI is InChI=1S/C17H18F3N7O2/c1-2-10-7-25(16(28)26(24-29)9-17(18,19)20)8-11(10)13-5-22-14-6-23-15-12(27(13)14)3-4-21-15/h3-6,10-11,21H,2,7-9H2,1H3/t10-,11+/m1/s1. The molecule has 1 aliphatic rings. The van der Waals surface area contributed by atoms with Gasteiger partial charge in [0.05, 0.1) is 17.0 Å². The van der Waals surface area contributed by atoms with Gasteiger partial charge in [0, 0.05) is 37.1 Å². The number of nitrogens with one attached hydrogen (secondary N) is 1. The van der Waals surface area contributed by atoms with Crippen molar-refractivity contribution >= 4 is 22.8 Å². The third-order valence-corrected chi connectivity index (χ3v) is 5.33. The second kappa shape index (κ2) is 7.01. The van der Waals surface area contributed by atoms with Crippen LogP contribution in [-0.2, 0) is 0 Å². The summed E-state index contributed by atoms with van der Waals surface area (Å²) in [7, 11) is 0. The number of halogens is 3. The van der Waals surface area contributed by atoms with Crippen molar-refractivity contribution in [1.29, 1.82) is 0 Å². The molecule has 4 heterocycles. The molecule has 1 fully saturated rings. The molecule has 2 atom stereocenters. The van der Waals surface area contributed by atoms with Crippen LogP contribution in [-0.4, -0.2) is 61.1 Å². The number of nitrogens with zero attached hydrogens (tertiary/aromatic N) is 6. The number of alkyl halides is 3. The Labute approximate surface area is 162 Å². The van der Waals surface area contributed by atoms with Gasteiger partial charge in [-0.25, -0.2) is 14.8 Å². The number of carbonyl (C=O) groups excluding carboxylic acids is 1. The molecule has 9 nitrogen and oxygen atoms in total. The number of likely N-dealkylation sites (tertiary alicyclic amines) is 1. The molecule has 3 aromatic heterocycles. The second-order valence-electron chi connectivity index (χ2n) is 7.06. The molecule has 12 heteroatoms. The van der Waals surface area contributed by atoms with E-state index in [-0.39, 0.29) is 29.9 Å². The van der Waals surface area contributed by atoms with Gasteiger partial charge >= 0.3 is 12.2 Å². The van der Waals surface area contributed by atoms with Gasteiger partial charge in [-0.2, -0.15) is 18.2 Å². The van der Waals surface area contributed by atoms with E-state index in [2.05, 4.69) is 20.2 Å². The van der Waals surface area contributed by atoms with Crippen LogP contribution < -0.4 is 0 Å². The summed E-state index contributed by atoms with van der Waals surface area (Å²) >= 11 is 0. The molecule has 0 bridgehead atoms. The monoisotopic (exact) mass is 409 g/mol. The van der Waals surface area contributed by atoms with Crippen LogP contribution in [0.2, 0.25) is 0 Å². The molecule has 0 unspecified atom stereocenters. The molecule has 154 valence electrons. The minimum absolute atomic E-state index is 0.000367. The molecule has 1 saturated heterocycles. The summed E-state index contributed by atoms with van der Waals surface area (Å²) in [5.74, 6) is -0.153. The van der Waals surface area contributed by atoms with Crippen LogP contribution in [0.4, 0.5) is 18.0 Å². The van der Waals surface area contributed by atoms with E-state index >= 15 is 0 Å². The highest BCUT2D eigenvalue weighted by atomic mass is 19.4. The van der Waals surface area contributed by atoms with Crippen LogP contribution in [0.1, 0.15) is 25.0 Å². The highest BCUT2D eigenvalue weighted by molar-refractivity contribution is 5.76. The first-order valence-corrected chi connectivity index (χ1v) is 9.08. The number of rotatable bonds is 4. The maximum Gasteiger partial charge on any atom is 0.408 e.